The standard InChI is InChI=1S/C24H35BrO2/c1-3-4-5-7-13-18-27-24-20(2)19-23(21-14-9-10-15-22(21)24)26-17-12-8-6-11-16-25/h9-10,14-15,19H,3-8,11-13,16-18H2,1-2H3. The molecule has 27 heavy (non-hydrogen) atoms. The van der Waals surface area contributed by atoms with Gasteiger partial charge in [0.05, 0.1) is 13.2 Å². The summed E-state index contributed by atoms with van der Waals surface area (Å²) in [6.07, 6.45) is 11.1. The Bertz CT molecular complexity index is 669. The molecule has 0 saturated heterocycles. The van der Waals surface area contributed by atoms with Crippen molar-refractivity contribution in [1.82, 2.24) is 0 Å². The van der Waals surface area contributed by atoms with Crippen LogP contribution in [-0.4, -0.2) is 18.5 Å². The van der Waals surface area contributed by atoms with Crippen molar-refractivity contribution in [2.24, 2.45) is 0 Å². The molecule has 0 fully saturated rings. The second-order valence-corrected chi connectivity index (χ2v) is 8.07. The fourth-order valence-electron chi connectivity index (χ4n) is 3.37. The van der Waals surface area contributed by atoms with Crippen LogP contribution < -0.4 is 9.47 Å². The van der Waals surface area contributed by atoms with Crippen molar-refractivity contribution < 1.29 is 9.47 Å². The Kier molecular flexibility index (Phi) is 10.7. The first-order chi connectivity index (χ1) is 13.3. The van der Waals surface area contributed by atoms with Crippen molar-refractivity contribution in [3.05, 3.63) is 35.9 Å². The third kappa shape index (κ3) is 7.37. The minimum Gasteiger partial charge on any atom is -0.493 e. The number of benzene rings is 2. The van der Waals surface area contributed by atoms with Crippen molar-refractivity contribution in [2.75, 3.05) is 18.5 Å². The lowest BCUT2D eigenvalue weighted by atomic mass is 10.0. The van der Waals surface area contributed by atoms with Crippen LogP contribution in [-0.2, 0) is 0 Å². The van der Waals surface area contributed by atoms with Crippen LogP contribution in [0.4, 0.5) is 0 Å². The lowest BCUT2D eigenvalue weighted by Gasteiger charge is -2.16. The summed E-state index contributed by atoms with van der Waals surface area (Å²) < 4.78 is 12.3. The summed E-state index contributed by atoms with van der Waals surface area (Å²) in [6, 6.07) is 10.6. The molecule has 150 valence electrons. The smallest absolute Gasteiger partial charge is 0.130 e. The van der Waals surface area contributed by atoms with Crippen molar-refractivity contribution in [1.29, 1.82) is 0 Å². The second-order valence-electron chi connectivity index (χ2n) is 7.28. The number of hydrogen-bond acceptors (Lipinski definition) is 2. The zero-order chi connectivity index (χ0) is 19.3. The van der Waals surface area contributed by atoms with Gasteiger partial charge in [0, 0.05) is 16.1 Å². The largest absolute Gasteiger partial charge is 0.493 e. The van der Waals surface area contributed by atoms with Crippen molar-refractivity contribution >= 4 is 26.7 Å². The normalized spacial score (nSPS) is 11.1. The Hall–Kier alpha value is -1.22. The summed E-state index contributed by atoms with van der Waals surface area (Å²) in [7, 11) is 0. The van der Waals surface area contributed by atoms with Gasteiger partial charge in [-0.25, -0.2) is 0 Å². The van der Waals surface area contributed by atoms with Crippen molar-refractivity contribution in [2.45, 2.75) is 71.6 Å². The monoisotopic (exact) mass is 434 g/mol. The molecular formula is C24H35BrO2. The molecule has 0 unspecified atom stereocenters. The number of hydrogen-bond donors (Lipinski definition) is 0. The predicted octanol–water partition coefficient (Wildman–Crippen LogP) is 7.83. The molecule has 2 aromatic rings. The van der Waals surface area contributed by atoms with Gasteiger partial charge in [-0.3, -0.25) is 0 Å². The van der Waals surface area contributed by atoms with E-state index in [0.717, 1.165) is 53.8 Å². The third-order valence-electron chi connectivity index (χ3n) is 4.92. The van der Waals surface area contributed by atoms with E-state index in [1.807, 2.05) is 0 Å². The highest BCUT2D eigenvalue weighted by Crippen LogP contribution is 2.36. The quantitative estimate of drug-likeness (QED) is 0.222. The number of fused-ring (bicyclic) bond motifs is 1. The van der Waals surface area contributed by atoms with Crippen LogP contribution in [0, 0.1) is 6.92 Å². The fraction of sp³-hybridized carbons (Fsp3) is 0.583. The lowest BCUT2D eigenvalue weighted by molar-refractivity contribution is 0.300. The molecule has 0 spiro atoms. The van der Waals surface area contributed by atoms with Gasteiger partial charge < -0.3 is 9.47 Å². The highest BCUT2D eigenvalue weighted by atomic mass is 79.9. The van der Waals surface area contributed by atoms with E-state index in [1.54, 1.807) is 0 Å². The molecule has 0 amide bonds. The molecule has 0 aliphatic heterocycles. The van der Waals surface area contributed by atoms with E-state index in [1.165, 1.54) is 50.3 Å². The average molecular weight is 435 g/mol. The number of rotatable bonds is 14. The van der Waals surface area contributed by atoms with Gasteiger partial charge in [-0.2, -0.15) is 0 Å². The van der Waals surface area contributed by atoms with Gasteiger partial charge in [0.1, 0.15) is 11.5 Å². The Morgan fingerprint density at radius 1 is 0.778 bits per heavy atom. The van der Waals surface area contributed by atoms with Crippen molar-refractivity contribution in [3.8, 4) is 11.5 Å². The molecule has 2 rings (SSSR count). The van der Waals surface area contributed by atoms with Crippen molar-refractivity contribution in [3.63, 3.8) is 0 Å². The molecule has 0 aromatic heterocycles. The zero-order valence-electron chi connectivity index (χ0n) is 17.1. The summed E-state index contributed by atoms with van der Waals surface area (Å²) in [4.78, 5) is 0. The summed E-state index contributed by atoms with van der Waals surface area (Å²) >= 11 is 3.49. The fourth-order valence-corrected chi connectivity index (χ4v) is 3.77. The van der Waals surface area contributed by atoms with E-state index in [4.69, 9.17) is 9.47 Å². The van der Waals surface area contributed by atoms with E-state index in [9.17, 15) is 0 Å². The molecule has 2 aromatic carbocycles. The topological polar surface area (TPSA) is 18.5 Å². The van der Waals surface area contributed by atoms with Gasteiger partial charge in [0.2, 0.25) is 0 Å². The molecular weight excluding hydrogens is 400 g/mol. The van der Waals surface area contributed by atoms with Crippen LogP contribution >= 0.6 is 15.9 Å². The Morgan fingerprint density at radius 3 is 2.11 bits per heavy atom. The molecule has 0 atom stereocenters. The Morgan fingerprint density at radius 2 is 1.41 bits per heavy atom. The minimum atomic E-state index is 0.781. The second kappa shape index (κ2) is 13.0. The molecule has 0 saturated carbocycles. The molecule has 0 aliphatic carbocycles. The molecule has 2 nitrogen and oxygen atoms in total. The summed E-state index contributed by atoms with van der Waals surface area (Å²) in [6.45, 7) is 5.95. The number of aryl methyl sites for hydroxylation is 1. The van der Waals surface area contributed by atoms with Gasteiger partial charge in [0.25, 0.3) is 0 Å². The number of unbranched alkanes of at least 4 members (excludes halogenated alkanes) is 7. The summed E-state index contributed by atoms with van der Waals surface area (Å²) in [5.41, 5.74) is 1.16. The van der Waals surface area contributed by atoms with Crippen LogP contribution in [0.15, 0.2) is 30.3 Å². The molecule has 0 heterocycles. The summed E-state index contributed by atoms with van der Waals surface area (Å²) in [5, 5.41) is 3.42. The van der Waals surface area contributed by atoms with Crippen LogP contribution in [0.1, 0.15) is 70.3 Å². The predicted molar refractivity (Wildman–Crippen MR) is 121 cm³/mol. The number of halogens is 1. The highest BCUT2D eigenvalue weighted by molar-refractivity contribution is 9.09. The third-order valence-corrected chi connectivity index (χ3v) is 5.48. The van der Waals surface area contributed by atoms with E-state index >= 15 is 0 Å². The molecule has 3 heteroatoms. The van der Waals surface area contributed by atoms with Crippen LogP contribution in [0.5, 0.6) is 11.5 Å². The Balaban J connectivity index is 1.98. The highest BCUT2D eigenvalue weighted by Gasteiger charge is 2.11. The van der Waals surface area contributed by atoms with Gasteiger partial charge in [-0.15, -0.1) is 0 Å². The maximum Gasteiger partial charge on any atom is 0.130 e. The van der Waals surface area contributed by atoms with Crippen LogP contribution in [0.3, 0.4) is 0 Å². The molecule has 0 radical (unpaired) electrons. The van der Waals surface area contributed by atoms with E-state index in [0.29, 0.717) is 0 Å². The average Bonchev–Trinajstić information content (AvgIpc) is 2.69. The van der Waals surface area contributed by atoms with Gasteiger partial charge >= 0.3 is 0 Å². The maximum atomic E-state index is 6.20. The van der Waals surface area contributed by atoms with Gasteiger partial charge in [-0.05, 0) is 37.8 Å². The van der Waals surface area contributed by atoms with E-state index in [-0.39, 0.29) is 0 Å². The number of alkyl halides is 1. The lowest BCUT2D eigenvalue weighted by Crippen LogP contribution is -2.02. The molecule has 0 N–H and O–H groups in total. The van der Waals surface area contributed by atoms with Gasteiger partial charge in [-0.1, -0.05) is 85.6 Å². The first-order valence-electron chi connectivity index (χ1n) is 10.6. The van der Waals surface area contributed by atoms with E-state index in [2.05, 4.69) is 60.1 Å². The first-order valence-corrected chi connectivity index (χ1v) is 11.7. The zero-order valence-corrected chi connectivity index (χ0v) is 18.7. The van der Waals surface area contributed by atoms with E-state index < -0.39 is 0 Å². The maximum absolute atomic E-state index is 6.20. The van der Waals surface area contributed by atoms with Crippen LogP contribution in [0.25, 0.3) is 10.8 Å². The van der Waals surface area contributed by atoms with Crippen LogP contribution in [0.2, 0.25) is 0 Å². The summed E-state index contributed by atoms with van der Waals surface area (Å²) in [5.74, 6) is 2.00. The SMILES string of the molecule is CCCCCCCOc1c(C)cc(OCCCCCCBr)c2ccccc12. The van der Waals surface area contributed by atoms with Gasteiger partial charge in [0.15, 0.2) is 0 Å². The first kappa shape index (κ1) is 22.1. The molecule has 0 bridgehead atoms. The Labute approximate surface area is 173 Å². The minimum absolute atomic E-state index is 0.781. The number of ether oxygens (including phenoxy) is 2. The molecule has 0 aliphatic rings.